The number of nitrogens with one attached hydrogen (secondary N) is 2. The monoisotopic (exact) mass is 455 g/mol. The maximum Gasteiger partial charge on any atom is 0.251 e. The summed E-state index contributed by atoms with van der Waals surface area (Å²) in [5, 5.41) is 5.46. The van der Waals surface area contributed by atoms with Gasteiger partial charge in [0.15, 0.2) is 11.5 Å². The van der Waals surface area contributed by atoms with Crippen molar-refractivity contribution in [3.63, 3.8) is 0 Å². The average Bonchev–Trinajstić information content (AvgIpc) is 2.79. The summed E-state index contributed by atoms with van der Waals surface area (Å²) >= 11 is 0. The SMILES string of the molecule is CCOc1ccc(C(=O)NCC(=O)Nc2ccc(N3CC(C)OC(C)C3)cc2)cc1OCC. The van der Waals surface area contributed by atoms with Crippen LogP contribution in [0.25, 0.3) is 0 Å². The van der Waals surface area contributed by atoms with E-state index in [0.717, 1.165) is 18.8 Å². The molecule has 0 aliphatic carbocycles. The quantitative estimate of drug-likeness (QED) is 0.602. The standard InChI is InChI=1S/C25H33N3O5/c1-5-31-22-12-7-19(13-23(22)32-6-2)25(30)26-14-24(29)27-20-8-10-21(11-9-20)28-15-17(3)33-18(4)16-28/h7-13,17-18H,5-6,14-16H2,1-4H3,(H,26,30)(H,27,29). The fourth-order valence-electron chi connectivity index (χ4n) is 3.80. The van der Waals surface area contributed by atoms with E-state index in [1.807, 2.05) is 38.1 Å². The van der Waals surface area contributed by atoms with E-state index in [4.69, 9.17) is 14.2 Å². The predicted molar refractivity (Wildman–Crippen MR) is 128 cm³/mol. The van der Waals surface area contributed by atoms with Gasteiger partial charge in [0.25, 0.3) is 5.91 Å². The van der Waals surface area contributed by atoms with Crippen molar-refractivity contribution in [3.05, 3.63) is 48.0 Å². The summed E-state index contributed by atoms with van der Waals surface area (Å²) in [6, 6.07) is 12.6. The van der Waals surface area contributed by atoms with E-state index >= 15 is 0 Å². The van der Waals surface area contributed by atoms with E-state index in [2.05, 4.69) is 29.4 Å². The second-order valence-corrected chi connectivity index (χ2v) is 7.97. The normalized spacial score (nSPS) is 17.9. The first-order valence-corrected chi connectivity index (χ1v) is 11.4. The Hall–Kier alpha value is -3.26. The van der Waals surface area contributed by atoms with Crippen molar-refractivity contribution in [2.45, 2.75) is 39.9 Å². The molecule has 2 aromatic rings. The van der Waals surface area contributed by atoms with Gasteiger partial charge in [0.2, 0.25) is 5.91 Å². The zero-order valence-corrected chi connectivity index (χ0v) is 19.7. The van der Waals surface area contributed by atoms with E-state index in [9.17, 15) is 9.59 Å². The van der Waals surface area contributed by atoms with Crippen LogP contribution in [0, 0.1) is 0 Å². The Bertz CT molecular complexity index is 938. The third kappa shape index (κ3) is 6.86. The number of morpholine rings is 1. The highest BCUT2D eigenvalue weighted by molar-refractivity contribution is 5.99. The number of nitrogens with zero attached hydrogens (tertiary/aromatic N) is 1. The van der Waals surface area contributed by atoms with Crippen LogP contribution in [-0.4, -0.2) is 56.9 Å². The van der Waals surface area contributed by atoms with Gasteiger partial charge >= 0.3 is 0 Å². The number of anilines is 2. The smallest absolute Gasteiger partial charge is 0.251 e. The Morgan fingerprint density at radius 3 is 2.24 bits per heavy atom. The Morgan fingerprint density at radius 2 is 1.61 bits per heavy atom. The molecule has 2 N–H and O–H groups in total. The number of amides is 2. The molecule has 8 nitrogen and oxygen atoms in total. The summed E-state index contributed by atoms with van der Waals surface area (Å²) in [6.45, 7) is 10.3. The van der Waals surface area contributed by atoms with Gasteiger partial charge < -0.3 is 29.7 Å². The number of rotatable bonds is 9. The van der Waals surface area contributed by atoms with E-state index in [-0.39, 0.29) is 30.6 Å². The van der Waals surface area contributed by atoms with Crippen molar-refractivity contribution in [2.75, 3.05) is 43.1 Å². The number of hydrogen-bond acceptors (Lipinski definition) is 6. The number of hydrogen-bond donors (Lipinski definition) is 2. The summed E-state index contributed by atoms with van der Waals surface area (Å²) in [4.78, 5) is 27.1. The molecule has 1 saturated heterocycles. The number of benzene rings is 2. The van der Waals surface area contributed by atoms with Crippen molar-refractivity contribution < 1.29 is 23.8 Å². The molecule has 1 aliphatic heterocycles. The molecule has 33 heavy (non-hydrogen) atoms. The van der Waals surface area contributed by atoms with Crippen LogP contribution in [-0.2, 0) is 9.53 Å². The van der Waals surface area contributed by atoms with E-state index in [1.165, 1.54) is 0 Å². The fraction of sp³-hybridized carbons (Fsp3) is 0.440. The maximum atomic E-state index is 12.5. The topological polar surface area (TPSA) is 89.1 Å². The third-order valence-corrected chi connectivity index (χ3v) is 5.15. The van der Waals surface area contributed by atoms with Crippen molar-refractivity contribution in [1.82, 2.24) is 5.32 Å². The Kier molecular flexibility index (Phi) is 8.54. The lowest BCUT2D eigenvalue weighted by atomic mass is 10.2. The van der Waals surface area contributed by atoms with Gasteiger partial charge in [0.05, 0.1) is 32.0 Å². The molecule has 0 aromatic heterocycles. The third-order valence-electron chi connectivity index (χ3n) is 5.15. The minimum Gasteiger partial charge on any atom is -0.490 e. The average molecular weight is 456 g/mol. The second-order valence-electron chi connectivity index (χ2n) is 7.97. The molecular formula is C25H33N3O5. The Morgan fingerprint density at radius 1 is 0.970 bits per heavy atom. The minimum atomic E-state index is -0.361. The van der Waals surface area contributed by atoms with Crippen molar-refractivity contribution >= 4 is 23.2 Å². The molecule has 0 radical (unpaired) electrons. The molecule has 0 bridgehead atoms. The second kappa shape index (κ2) is 11.6. The lowest BCUT2D eigenvalue weighted by Crippen LogP contribution is -2.45. The molecule has 1 fully saturated rings. The van der Waals surface area contributed by atoms with E-state index < -0.39 is 0 Å². The van der Waals surface area contributed by atoms with Gasteiger partial charge in [0, 0.05) is 30.0 Å². The van der Waals surface area contributed by atoms with Crippen LogP contribution in [0.2, 0.25) is 0 Å². The predicted octanol–water partition coefficient (Wildman–Crippen LogP) is 3.47. The fourth-order valence-corrected chi connectivity index (χ4v) is 3.80. The van der Waals surface area contributed by atoms with Gasteiger partial charge in [-0.2, -0.15) is 0 Å². The first-order valence-electron chi connectivity index (χ1n) is 11.4. The van der Waals surface area contributed by atoms with Crippen LogP contribution >= 0.6 is 0 Å². The molecular weight excluding hydrogens is 422 g/mol. The van der Waals surface area contributed by atoms with Gasteiger partial charge in [0.1, 0.15) is 0 Å². The molecule has 0 spiro atoms. The zero-order valence-electron chi connectivity index (χ0n) is 19.7. The molecule has 1 heterocycles. The maximum absolute atomic E-state index is 12.5. The number of ether oxygens (including phenoxy) is 3. The number of carbonyl (C=O) groups excluding carboxylic acids is 2. The largest absolute Gasteiger partial charge is 0.490 e. The Balaban J connectivity index is 1.52. The Labute approximate surface area is 195 Å². The minimum absolute atomic E-state index is 0.143. The lowest BCUT2D eigenvalue weighted by molar-refractivity contribution is -0.115. The first kappa shape index (κ1) is 24.4. The molecule has 2 aromatic carbocycles. The van der Waals surface area contributed by atoms with E-state index in [1.54, 1.807) is 18.2 Å². The molecule has 8 heteroatoms. The highest BCUT2D eigenvalue weighted by Gasteiger charge is 2.22. The molecule has 2 atom stereocenters. The van der Waals surface area contributed by atoms with Gasteiger partial charge in [-0.05, 0) is 70.2 Å². The highest BCUT2D eigenvalue weighted by atomic mass is 16.5. The summed E-state index contributed by atoms with van der Waals surface area (Å²) in [6.07, 6.45) is 0.355. The van der Waals surface area contributed by atoms with Crippen LogP contribution < -0.4 is 25.0 Å². The summed E-state index contributed by atoms with van der Waals surface area (Å²) in [5.74, 6) is 0.416. The zero-order chi connectivity index (χ0) is 23.8. The van der Waals surface area contributed by atoms with Crippen molar-refractivity contribution in [1.29, 1.82) is 0 Å². The highest BCUT2D eigenvalue weighted by Crippen LogP contribution is 2.28. The first-order chi connectivity index (χ1) is 15.9. The molecule has 2 amide bonds. The van der Waals surface area contributed by atoms with Crippen LogP contribution in [0.4, 0.5) is 11.4 Å². The van der Waals surface area contributed by atoms with Crippen LogP contribution in [0.15, 0.2) is 42.5 Å². The molecule has 3 rings (SSSR count). The van der Waals surface area contributed by atoms with Crippen molar-refractivity contribution in [2.24, 2.45) is 0 Å². The van der Waals surface area contributed by atoms with Crippen molar-refractivity contribution in [3.8, 4) is 11.5 Å². The lowest BCUT2D eigenvalue weighted by Gasteiger charge is -2.36. The molecule has 178 valence electrons. The van der Waals surface area contributed by atoms with E-state index in [0.29, 0.717) is 36.0 Å². The van der Waals surface area contributed by atoms with Crippen LogP contribution in [0.1, 0.15) is 38.1 Å². The molecule has 1 aliphatic rings. The summed E-state index contributed by atoms with van der Waals surface area (Å²) in [5.41, 5.74) is 2.16. The molecule has 2 unspecified atom stereocenters. The van der Waals surface area contributed by atoms with Crippen LogP contribution in [0.3, 0.4) is 0 Å². The summed E-state index contributed by atoms with van der Waals surface area (Å²) in [7, 11) is 0. The molecule has 0 saturated carbocycles. The number of carbonyl (C=O) groups is 2. The van der Waals surface area contributed by atoms with Gasteiger partial charge in [-0.15, -0.1) is 0 Å². The van der Waals surface area contributed by atoms with Gasteiger partial charge in [-0.1, -0.05) is 0 Å². The van der Waals surface area contributed by atoms with Crippen LogP contribution in [0.5, 0.6) is 11.5 Å². The van der Waals surface area contributed by atoms with Gasteiger partial charge in [-0.25, -0.2) is 0 Å². The summed E-state index contributed by atoms with van der Waals surface area (Å²) < 4.78 is 16.9. The van der Waals surface area contributed by atoms with Gasteiger partial charge in [-0.3, -0.25) is 9.59 Å².